The summed E-state index contributed by atoms with van der Waals surface area (Å²) in [5.41, 5.74) is 5.92. The molecule has 1 atom stereocenters. The number of unbranched alkanes of at least 4 members (excludes halogenated alkanes) is 3. The smallest absolute Gasteiger partial charge is 0.00389 e. The van der Waals surface area contributed by atoms with Gasteiger partial charge in [0.2, 0.25) is 0 Å². The lowest BCUT2D eigenvalue weighted by atomic mass is 10.0. The van der Waals surface area contributed by atoms with Gasteiger partial charge in [0.05, 0.1) is 0 Å². The molecule has 0 aromatic rings. The van der Waals surface area contributed by atoms with E-state index in [1.807, 2.05) is 6.08 Å². The molecule has 0 aromatic carbocycles. The molecule has 0 saturated heterocycles. The highest BCUT2D eigenvalue weighted by molar-refractivity contribution is 4.69. The Morgan fingerprint density at radius 3 is 2.50 bits per heavy atom. The van der Waals surface area contributed by atoms with Gasteiger partial charge in [-0.2, -0.15) is 0 Å². The van der Waals surface area contributed by atoms with E-state index in [4.69, 9.17) is 5.73 Å². The average molecular weight is 169 g/mol. The van der Waals surface area contributed by atoms with Crippen molar-refractivity contribution in [2.45, 2.75) is 57.9 Å². The minimum Gasteiger partial charge on any atom is -0.328 e. The summed E-state index contributed by atoms with van der Waals surface area (Å²) in [6.45, 7) is 5.92. The molecule has 0 rings (SSSR count). The SMILES string of the molecule is C=CCCCC(N)CCCCC. The van der Waals surface area contributed by atoms with Crippen LogP contribution in [0.2, 0.25) is 0 Å². The summed E-state index contributed by atoms with van der Waals surface area (Å²) < 4.78 is 0. The van der Waals surface area contributed by atoms with E-state index in [1.54, 1.807) is 0 Å². The van der Waals surface area contributed by atoms with E-state index in [0.717, 1.165) is 12.8 Å². The molecule has 72 valence electrons. The molecule has 1 unspecified atom stereocenters. The summed E-state index contributed by atoms with van der Waals surface area (Å²) in [5, 5.41) is 0. The van der Waals surface area contributed by atoms with Gasteiger partial charge in [-0.3, -0.25) is 0 Å². The van der Waals surface area contributed by atoms with Crippen LogP contribution in [0.3, 0.4) is 0 Å². The van der Waals surface area contributed by atoms with Crippen molar-refractivity contribution in [1.29, 1.82) is 0 Å². The van der Waals surface area contributed by atoms with E-state index in [0.29, 0.717) is 6.04 Å². The van der Waals surface area contributed by atoms with Crippen LogP contribution < -0.4 is 5.73 Å². The molecule has 0 aliphatic heterocycles. The Kier molecular flexibility index (Phi) is 8.57. The number of hydrogen-bond acceptors (Lipinski definition) is 1. The lowest BCUT2D eigenvalue weighted by Gasteiger charge is -2.09. The molecule has 2 N–H and O–H groups in total. The predicted molar refractivity (Wildman–Crippen MR) is 56.2 cm³/mol. The van der Waals surface area contributed by atoms with Crippen molar-refractivity contribution in [3.8, 4) is 0 Å². The fourth-order valence-corrected chi connectivity index (χ4v) is 1.33. The van der Waals surface area contributed by atoms with Gasteiger partial charge < -0.3 is 5.73 Å². The Balaban J connectivity index is 3.09. The summed E-state index contributed by atoms with van der Waals surface area (Å²) >= 11 is 0. The summed E-state index contributed by atoms with van der Waals surface area (Å²) in [4.78, 5) is 0. The van der Waals surface area contributed by atoms with E-state index < -0.39 is 0 Å². The van der Waals surface area contributed by atoms with Gasteiger partial charge in [-0.15, -0.1) is 6.58 Å². The average Bonchev–Trinajstić information content (AvgIpc) is 2.06. The third kappa shape index (κ3) is 7.80. The van der Waals surface area contributed by atoms with Gasteiger partial charge in [0.15, 0.2) is 0 Å². The van der Waals surface area contributed by atoms with E-state index in [9.17, 15) is 0 Å². The van der Waals surface area contributed by atoms with Gasteiger partial charge in [0.1, 0.15) is 0 Å². The van der Waals surface area contributed by atoms with Crippen LogP contribution in [0, 0.1) is 0 Å². The minimum absolute atomic E-state index is 0.427. The van der Waals surface area contributed by atoms with Crippen LogP contribution in [0.25, 0.3) is 0 Å². The standard InChI is InChI=1S/C11H23N/c1-3-5-7-9-11(12)10-8-6-4-2/h3,11H,1,4-10,12H2,2H3. The third-order valence-corrected chi connectivity index (χ3v) is 2.16. The Morgan fingerprint density at radius 1 is 1.25 bits per heavy atom. The number of nitrogens with two attached hydrogens (primary N) is 1. The molecular formula is C11H23N. The monoisotopic (exact) mass is 169 g/mol. The van der Waals surface area contributed by atoms with Crippen LogP contribution in [-0.4, -0.2) is 6.04 Å². The van der Waals surface area contributed by atoms with Gasteiger partial charge in [-0.05, 0) is 25.7 Å². The van der Waals surface area contributed by atoms with E-state index >= 15 is 0 Å². The van der Waals surface area contributed by atoms with Crippen molar-refractivity contribution < 1.29 is 0 Å². The normalized spacial score (nSPS) is 12.8. The van der Waals surface area contributed by atoms with Gasteiger partial charge in [-0.25, -0.2) is 0 Å². The lowest BCUT2D eigenvalue weighted by Crippen LogP contribution is -2.19. The van der Waals surface area contributed by atoms with Crippen molar-refractivity contribution in [3.05, 3.63) is 12.7 Å². The molecule has 0 aliphatic carbocycles. The zero-order valence-corrected chi connectivity index (χ0v) is 8.39. The van der Waals surface area contributed by atoms with Crippen LogP contribution in [-0.2, 0) is 0 Å². The second-order valence-corrected chi connectivity index (χ2v) is 3.48. The van der Waals surface area contributed by atoms with Crippen LogP contribution in [0.5, 0.6) is 0 Å². The number of rotatable bonds is 8. The molecule has 0 amide bonds. The first-order valence-electron chi connectivity index (χ1n) is 5.17. The molecule has 0 heterocycles. The van der Waals surface area contributed by atoms with E-state index in [-0.39, 0.29) is 0 Å². The molecule has 0 aliphatic rings. The summed E-state index contributed by atoms with van der Waals surface area (Å²) in [7, 11) is 0. The molecule has 12 heavy (non-hydrogen) atoms. The molecule has 1 heteroatoms. The first-order valence-corrected chi connectivity index (χ1v) is 5.17. The van der Waals surface area contributed by atoms with E-state index in [2.05, 4.69) is 13.5 Å². The highest BCUT2D eigenvalue weighted by atomic mass is 14.6. The predicted octanol–water partition coefficient (Wildman–Crippen LogP) is 3.25. The van der Waals surface area contributed by atoms with Crippen LogP contribution >= 0.6 is 0 Å². The zero-order valence-electron chi connectivity index (χ0n) is 8.39. The fourth-order valence-electron chi connectivity index (χ4n) is 1.33. The zero-order chi connectivity index (χ0) is 9.23. The molecule has 0 spiro atoms. The molecule has 0 aromatic heterocycles. The van der Waals surface area contributed by atoms with Crippen LogP contribution in [0.4, 0.5) is 0 Å². The summed E-state index contributed by atoms with van der Waals surface area (Å²) in [6, 6.07) is 0.427. The van der Waals surface area contributed by atoms with Gasteiger partial charge in [0.25, 0.3) is 0 Å². The second kappa shape index (κ2) is 8.79. The molecule has 1 nitrogen and oxygen atoms in total. The Bertz CT molecular complexity index is 99.2. The molecule has 0 radical (unpaired) electrons. The Morgan fingerprint density at radius 2 is 1.92 bits per heavy atom. The molecule has 0 bridgehead atoms. The maximum absolute atomic E-state index is 5.92. The first kappa shape index (κ1) is 11.7. The highest BCUT2D eigenvalue weighted by Crippen LogP contribution is 2.07. The highest BCUT2D eigenvalue weighted by Gasteiger charge is 2.00. The topological polar surface area (TPSA) is 26.0 Å². The molecule has 0 saturated carbocycles. The van der Waals surface area contributed by atoms with Crippen molar-refractivity contribution >= 4 is 0 Å². The van der Waals surface area contributed by atoms with Crippen molar-refractivity contribution in [2.24, 2.45) is 5.73 Å². The summed E-state index contributed by atoms with van der Waals surface area (Å²) in [6.07, 6.45) is 10.6. The third-order valence-electron chi connectivity index (χ3n) is 2.16. The Hall–Kier alpha value is -0.300. The maximum atomic E-state index is 5.92. The fraction of sp³-hybridized carbons (Fsp3) is 0.818. The second-order valence-electron chi connectivity index (χ2n) is 3.48. The molecule has 0 fully saturated rings. The minimum atomic E-state index is 0.427. The van der Waals surface area contributed by atoms with Gasteiger partial charge >= 0.3 is 0 Å². The number of hydrogen-bond donors (Lipinski definition) is 1. The maximum Gasteiger partial charge on any atom is 0.00389 e. The van der Waals surface area contributed by atoms with Crippen molar-refractivity contribution in [3.63, 3.8) is 0 Å². The van der Waals surface area contributed by atoms with Crippen LogP contribution in [0.1, 0.15) is 51.9 Å². The van der Waals surface area contributed by atoms with Crippen LogP contribution in [0.15, 0.2) is 12.7 Å². The quantitative estimate of drug-likeness (QED) is 0.438. The largest absolute Gasteiger partial charge is 0.328 e. The van der Waals surface area contributed by atoms with Crippen molar-refractivity contribution in [2.75, 3.05) is 0 Å². The lowest BCUT2D eigenvalue weighted by molar-refractivity contribution is 0.516. The number of allylic oxidation sites excluding steroid dienone is 1. The van der Waals surface area contributed by atoms with E-state index in [1.165, 1.54) is 32.1 Å². The molecular weight excluding hydrogens is 146 g/mol. The van der Waals surface area contributed by atoms with Crippen molar-refractivity contribution in [1.82, 2.24) is 0 Å². The van der Waals surface area contributed by atoms with Gasteiger partial charge in [-0.1, -0.05) is 32.3 Å². The van der Waals surface area contributed by atoms with Gasteiger partial charge in [0, 0.05) is 6.04 Å². The summed E-state index contributed by atoms with van der Waals surface area (Å²) in [5.74, 6) is 0. The Labute approximate surface area is 77.0 Å². The first-order chi connectivity index (χ1) is 5.81.